The first kappa shape index (κ1) is 13.9. The van der Waals surface area contributed by atoms with E-state index in [4.69, 9.17) is 9.47 Å². The Labute approximate surface area is 99.1 Å². The third kappa shape index (κ3) is 4.40. The maximum absolute atomic E-state index is 9.54. The van der Waals surface area contributed by atoms with Crippen molar-refractivity contribution in [1.29, 1.82) is 0 Å². The van der Waals surface area contributed by atoms with E-state index in [0.29, 0.717) is 6.61 Å². The third-order valence-electron chi connectivity index (χ3n) is 2.99. The topological polar surface area (TPSA) is 38.7 Å². The van der Waals surface area contributed by atoms with Gasteiger partial charge in [-0.25, -0.2) is 0 Å². The maximum atomic E-state index is 9.54. The molecule has 0 bridgehead atoms. The summed E-state index contributed by atoms with van der Waals surface area (Å²) >= 11 is 0. The summed E-state index contributed by atoms with van der Waals surface area (Å²) < 4.78 is 11.3. The number of rotatable bonds is 8. The molecule has 0 spiro atoms. The fourth-order valence-corrected chi connectivity index (χ4v) is 1.92. The molecule has 3 atom stereocenters. The highest BCUT2D eigenvalue weighted by Gasteiger charge is 2.41. The van der Waals surface area contributed by atoms with Crippen LogP contribution in [0.2, 0.25) is 0 Å². The third-order valence-corrected chi connectivity index (χ3v) is 2.99. The molecular formula is C13H26O3. The van der Waals surface area contributed by atoms with Crippen molar-refractivity contribution in [3.8, 4) is 0 Å². The van der Waals surface area contributed by atoms with Crippen molar-refractivity contribution < 1.29 is 14.6 Å². The first-order valence-corrected chi connectivity index (χ1v) is 6.56. The predicted octanol–water partition coefficient (Wildman–Crippen LogP) is 2.37. The van der Waals surface area contributed by atoms with Crippen LogP contribution in [0.15, 0.2) is 0 Å². The lowest BCUT2D eigenvalue weighted by atomic mass is 9.88. The molecule has 1 aliphatic carbocycles. The first-order chi connectivity index (χ1) is 7.65. The largest absolute Gasteiger partial charge is 0.390 e. The van der Waals surface area contributed by atoms with Gasteiger partial charge >= 0.3 is 0 Å². The van der Waals surface area contributed by atoms with Crippen molar-refractivity contribution in [3.05, 3.63) is 0 Å². The molecule has 0 aromatic rings. The molecule has 1 aliphatic rings. The highest BCUT2D eigenvalue weighted by atomic mass is 16.6. The molecule has 16 heavy (non-hydrogen) atoms. The molecule has 0 aliphatic heterocycles. The van der Waals surface area contributed by atoms with Crippen molar-refractivity contribution in [2.45, 2.75) is 64.8 Å². The van der Waals surface area contributed by atoms with Crippen molar-refractivity contribution in [2.24, 2.45) is 5.92 Å². The molecule has 0 amide bonds. The van der Waals surface area contributed by atoms with Gasteiger partial charge in [0.15, 0.2) is 0 Å². The van der Waals surface area contributed by atoms with E-state index in [1.54, 1.807) is 0 Å². The van der Waals surface area contributed by atoms with Crippen LogP contribution in [0.3, 0.4) is 0 Å². The number of hydrogen-bond donors (Lipinski definition) is 1. The van der Waals surface area contributed by atoms with Crippen molar-refractivity contribution >= 4 is 0 Å². The molecule has 1 fully saturated rings. The molecule has 96 valence electrons. The van der Waals surface area contributed by atoms with Gasteiger partial charge in [-0.1, -0.05) is 20.8 Å². The minimum absolute atomic E-state index is 0.0843. The molecule has 1 rings (SSSR count). The minimum atomic E-state index is -0.318. The zero-order valence-electron chi connectivity index (χ0n) is 10.8. The zero-order valence-corrected chi connectivity index (χ0v) is 10.8. The van der Waals surface area contributed by atoms with Crippen LogP contribution in [0.5, 0.6) is 0 Å². The van der Waals surface area contributed by atoms with E-state index in [0.717, 1.165) is 31.8 Å². The van der Waals surface area contributed by atoms with Crippen LogP contribution >= 0.6 is 0 Å². The Morgan fingerprint density at radius 2 is 2.00 bits per heavy atom. The second kappa shape index (κ2) is 7.25. The van der Waals surface area contributed by atoms with Gasteiger partial charge in [0.05, 0.1) is 12.2 Å². The molecule has 3 unspecified atom stereocenters. The van der Waals surface area contributed by atoms with Gasteiger partial charge in [0, 0.05) is 19.6 Å². The maximum Gasteiger partial charge on any atom is 0.110 e. The van der Waals surface area contributed by atoms with Crippen LogP contribution in [-0.2, 0) is 9.47 Å². The molecule has 0 radical (unpaired) electrons. The highest BCUT2D eigenvalue weighted by Crippen LogP contribution is 2.27. The van der Waals surface area contributed by atoms with Crippen LogP contribution in [0.25, 0.3) is 0 Å². The molecule has 3 heteroatoms. The highest BCUT2D eigenvalue weighted by molar-refractivity contribution is 4.91. The summed E-state index contributed by atoms with van der Waals surface area (Å²) in [7, 11) is 0. The van der Waals surface area contributed by atoms with E-state index in [9.17, 15) is 5.11 Å². The summed E-state index contributed by atoms with van der Waals surface area (Å²) in [6.07, 6.45) is 3.74. The normalized spacial score (nSPS) is 29.4. The van der Waals surface area contributed by atoms with E-state index in [-0.39, 0.29) is 18.3 Å². The van der Waals surface area contributed by atoms with E-state index in [1.807, 2.05) is 0 Å². The van der Waals surface area contributed by atoms with Gasteiger partial charge in [0.25, 0.3) is 0 Å². The van der Waals surface area contributed by atoms with Gasteiger partial charge in [-0.3, -0.25) is 0 Å². The standard InChI is InChI=1S/C13H26O3/c1-4-7-16-13-11(14)9-12(13)15-8-5-6-10(2)3/h10-14H,4-9H2,1-3H3. The van der Waals surface area contributed by atoms with Crippen molar-refractivity contribution in [1.82, 2.24) is 0 Å². The van der Waals surface area contributed by atoms with E-state index < -0.39 is 0 Å². The summed E-state index contributed by atoms with van der Waals surface area (Å²) in [6.45, 7) is 8.03. The van der Waals surface area contributed by atoms with E-state index in [1.165, 1.54) is 6.42 Å². The second-order valence-electron chi connectivity index (χ2n) is 5.08. The Morgan fingerprint density at radius 3 is 2.56 bits per heavy atom. The van der Waals surface area contributed by atoms with Gasteiger partial charge in [0.2, 0.25) is 0 Å². The van der Waals surface area contributed by atoms with E-state index in [2.05, 4.69) is 20.8 Å². The summed E-state index contributed by atoms with van der Waals surface area (Å²) in [4.78, 5) is 0. The van der Waals surface area contributed by atoms with Gasteiger partial charge in [-0.15, -0.1) is 0 Å². The summed E-state index contributed by atoms with van der Waals surface area (Å²) in [6, 6.07) is 0. The Hall–Kier alpha value is -0.120. The molecule has 0 heterocycles. The quantitative estimate of drug-likeness (QED) is 0.651. The average molecular weight is 230 g/mol. The Kier molecular flexibility index (Phi) is 6.32. The second-order valence-corrected chi connectivity index (χ2v) is 5.08. The van der Waals surface area contributed by atoms with Gasteiger partial charge in [-0.2, -0.15) is 0 Å². The lowest BCUT2D eigenvalue weighted by Crippen LogP contribution is -2.53. The van der Waals surface area contributed by atoms with Crippen molar-refractivity contribution in [3.63, 3.8) is 0 Å². The fourth-order valence-electron chi connectivity index (χ4n) is 1.92. The number of ether oxygens (including phenoxy) is 2. The summed E-state index contributed by atoms with van der Waals surface area (Å²) in [5, 5.41) is 9.54. The first-order valence-electron chi connectivity index (χ1n) is 6.56. The van der Waals surface area contributed by atoms with Gasteiger partial charge in [0.1, 0.15) is 6.10 Å². The molecular weight excluding hydrogens is 204 g/mol. The van der Waals surface area contributed by atoms with Crippen LogP contribution in [0.1, 0.15) is 46.5 Å². The molecule has 1 N–H and O–H groups in total. The smallest absolute Gasteiger partial charge is 0.110 e. The lowest BCUT2D eigenvalue weighted by molar-refractivity contribution is -0.192. The van der Waals surface area contributed by atoms with Crippen LogP contribution in [0.4, 0.5) is 0 Å². The summed E-state index contributed by atoms with van der Waals surface area (Å²) in [5.41, 5.74) is 0. The SMILES string of the molecule is CCCOC1C(O)CC1OCCCC(C)C. The van der Waals surface area contributed by atoms with E-state index >= 15 is 0 Å². The minimum Gasteiger partial charge on any atom is -0.390 e. The van der Waals surface area contributed by atoms with Crippen LogP contribution < -0.4 is 0 Å². The number of aliphatic hydroxyl groups is 1. The fraction of sp³-hybridized carbons (Fsp3) is 1.00. The Morgan fingerprint density at radius 1 is 1.25 bits per heavy atom. The zero-order chi connectivity index (χ0) is 12.0. The molecule has 0 saturated heterocycles. The van der Waals surface area contributed by atoms with Crippen LogP contribution in [0, 0.1) is 5.92 Å². The molecule has 1 saturated carbocycles. The average Bonchev–Trinajstić information content (AvgIpc) is 2.22. The molecule has 0 aromatic carbocycles. The van der Waals surface area contributed by atoms with Gasteiger partial charge in [-0.05, 0) is 25.2 Å². The number of aliphatic hydroxyl groups excluding tert-OH is 1. The molecule has 0 aromatic heterocycles. The monoisotopic (exact) mass is 230 g/mol. The molecule has 3 nitrogen and oxygen atoms in total. The van der Waals surface area contributed by atoms with Crippen molar-refractivity contribution in [2.75, 3.05) is 13.2 Å². The Balaban J connectivity index is 2.08. The predicted molar refractivity (Wildman–Crippen MR) is 64.5 cm³/mol. The Bertz CT molecular complexity index is 182. The summed E-state index contributed by atoms with van der Waals surface area (Å²) in [5.74, 6) is 0.739. The van der Waals surface area contributed by atoms with Gasteiger partial charge < -0.3 is 14.6 Å². The lowest BCUT2D eigenvalue weighted by Gasteiger charge is -2.40. The van der Waals surface area contributed by atoms with Crippen LogP contribution in [-0.4, -0.2) is 36.6 Å². The number of hydrogen-bond acceptors (Lipinski definition) is 3.